The third-order valence-corrected chi connectivity index (χ3v) is 32.6. The number of carbonyl (C=O) groups excluding carboxylic acids is 5. The number of unbranched alkanes of at least 4 members (excludes halogenated alkanes) is 12. The van der Waals surface area contributed by atoms with Crippen LogP contribution in [0.25, 0.3) is 0 Å². The minimum atomic E-state index is -3.34. The van der Waals surface area contributed by atoms with Gasteiger partial charge in [0.1, 0.15) is 0 Å². The normalized spacial score (nSPS) is 12.5. The Morgan fingerprint density at radius 1 is 0.330 bits per heavy atom. The van der Waals surface area contributed by atoms with Gasteiger partial charge in [-0.2, -0.15) is 0 Å². The molecule has 5 N–H and O–H groups in total. The third kappa shape index (κ3) is 22.0. The van der Waals surface area contributed by atoms with Crippen molar-refractivity contribution in [3.05, 3.63) is 182 Å². The number of halogens is 2. The van der Waals surface area contributed by atoms with Gasteiger partial charge < -0.3 is 10.6 Å². The third-order valence-electron chi connectivity index (χ3n) is 17.5. The summed E-state index contributed by atoms with van der Waals surface area (Å²) < 4.78 is 0. The van der Waals surface area contributed by atoms with E-state index < -0.39 is 29.6 Å². The van der Waals surface area contributed by atoms with Crippen molar-refractivity contribution in [3.8, 4) is 0 Å². The standard InChI is InChI=1S/C73H100Cl2N6O8P2/c1-63(82)79(87)58-32-12-27-53-76-70(83)49-51-72(85)80(88)59-33-13-28-54-77-71(84)50-52-73(86)81(89)60-34-14-31-57-78(55-29-2-4-35-61-90(74,64-37-15-6-16-38-64,65-39-17-7-18-40-65)66-41-19-8-20-42-66)56-30-3-5-36-62-91(75,67-43-21-9-22-44-67,68-45-23-10-24-46-68)69-47-25-11-26-48-69/h6-11,15-26,37-48,87-89H,2-5,12-14,27-36,49-62H2,1H3,(H,76,83)(H,77,84). The van der Waals surface area contributed by atoms with E-state index in [1.807, 2.05) is 0 Å². The molecule has 0 fully saturated rings. The van der Waals surface area contributed by atoms with Gasteiger partial charge in [-0.15, -0.1) is 0 Å². The van der Waals surface area contributed by atoms with Crippen molar-refractivity contribution >= 4 is 95.8 Å². The molecule has 0 aromatic heterocycles. The van der Waals surface area contributed by atoms with E-state index in [4.69, 9.17) is 22.5 Å². The fourth-order valence-electron chi connectivity index (χ4n) is 12.3. The fraction of sp³-hybridized carbons (Fsp3) is 0.438. The predicted molar refractivity (Wildman–Crippen MR) is 377 cm³/mol. The van der Waals surface area contributed by atoms with Gasteiger partial charge in [0, 0.05) is 58.8 Å². The molecule has 0 aliphatic heterocycles. The first-order valence-electron chi connectivity index (χ1n) is 33.1. The second-order valence-corrected chi connectivity index (χ2v) is 37.3. The van der Waals surface area contributed by atoms with Crippen LogP contribution in [-0.4, -0.2) is 130 Å². The van der Waals surface area contributed by atoms with Crippen LogP contribution in [0.1, 0.15) is 142 Å². The molecule has 0 heterocycles. The monoisotopic (exact) mass is 1320 g/mol. The summed E-state index contributed by atoms with van der Waals surface area (Å²) in [5.41, 5.74) is 0. The zero-order chi connectivity index (χ0) is 65.1. The number of hydroxylamine groups is 6. The second kappa shape index (κ2) is 38.8. The van der Waals surface area contributed by atoms with Crippen molar-refractivity contribution in [1.82, 2.24) is 30.7 Å². The molecule has 494 valence electrons. The molecule has 0 saturated carbocycles. The summed E-state index contributed by atoms with van der Waals surface area (Å²) in [6, 6.07) is 64.3. The summed E-state index contributed by atoms with van der Waals surface area (Å²) in [5.74, 6) is -8.75. The van der Waals surface area contributed by atoms with Crippen molar-refractivity contribution < 1.29 is 39.6 Å². The van der Waals surface area contributed by atoms with Gasteiger partial charge in [-0.05, 0) is 38.5 Å². The SMILES string of the molecule is CC(=O)N(O)CCCCCNC(=O)CCC(=O)N(O)CCCCCNC(=O)CCC(=O)N(O)CCCCCN(CCCCCCP(Cl)(c1ccccc1)(c1ccccc1)c1ccccc1)CCCCCCP(Cl)(c1ccccc1)(c1ccccc1)c1ccccc1. The summed E-state index contributed by atoms with van der Waals surface area (Å²) in [7, 11) is 0. The zero-order valence-electron chi connectivity index (χ0n) is 53.6. The van der Waals surface area contributed by atoms with Gasteiger partial charge in [0.25, 0.3) is 0 Å². The molecule has 91 heavy (non-hydrogen) atoms. The maximum absolute atomic E-state index is 12.9. The Balaban J connectivity index is 0.934. The number of nitrogens with one attached hydrogen (secondary N) is 2. The van der Waals surface area contributed by atoms with Crippen molar-refractivity contribution in [2.45, 2.75) is 142 Å². The van der Waals surface area contributed by atoms with Crippen LogP contribution in [0.4, 0.5) is 0 Å². The molecule has 0 aliphatic carbocycles. The molecule has 18 heteroatoms. The summed E-state index contributed by atoms with van der Waals surface area (Å²) in [5, 5.41) is 45.0. The number of rotatable bonds is 44. The van der Waals surface area contributed by atoms with E-state index in [-0.39, 0.29) is 57.1 Å². The Bertz CT molecular complexity index is 2750. The molecule has 6 aromatic carbocycles. The van der Waals surface area contributed by atoms with Gasteiger partial charge in [0.15, 0.2) is 0 Å². The topological polar surface area (TPSA) is 183 Å². The number of benzene rings is 6. The van der Waals surface area contributed by atoms with Gasteiger partial charge in [-0.25, -0.2) is 15.2 Å². The van der Waals surface area contributed by atoms with E-state index in [0.29, 0.717) is 68.2 Å². The van der Waals surface area contributed by atoms with Gasteiger partial charge in [-0.1, -0.05) is 0 Å². The summed E-state index contributed by atoms with van der Waals surface area (Å²) in [6.45, 7) is 5.44. The first-order valence-corrected chi connectivity index (χ1v) is 39.7. The summed E-state index contributed by atoms with van der Waals surface area (Å²) in [6.07, 6.45) is 15.9. The molecular weight excluding hydrogens is 1220 g/mol. The van der Waals surface area contributed by atoms with Gasteiger partial charge in [0.05, 0.1) is 0 Å². The van der Waals surface area contributed by atoms with E-state index in [0.717, 1.165) is 101 Å². The van der Waals surface area contributed by atoms with E-state index in [9.17, 15) is 39.6 Å². The van der Waals surface area contributed by atoms with Gasteiger partial charge in [0.2, 0.25) is 29.5 Å². The summed E-state index contributed by atoms with van der Waals surface area (Å²) >= 11 is 16.8. The number of hydrogen-bond donors (Lipinski definition) is 5. The van der Waals surface area contributed by atoms with Crippen molar-refractivity contribution in [2.24, 2.45) is 0 Å². The molecule has 0 unspecified atom stereocenters. The number of amides is 5. The van der Waals surface area contributed by atoms with Gasteiger partial charge >= 0.3 is 362 Å². The van der Waals surface area contributed by atoms with Crippen LogP contribution >= 0.6 is 34.4 Å². The number of carbonyl (C=O) groups is 5. The van der Waals surface area contributed by atoms with Crippen molar-refractivity contribution in [1.29, 1.82) is 0 Å². The number of nitrogens with zero attached hydrogens (tertiary/aromatic N) is 4. The quantitative estimate of drug-likeness (QED) is 0.0108. The van der Waals surface area contributed by atoms with Crippen LogP contribution in [0.3, 0.4) is 0 Å². The molecule has 0 atom stereocenters. The molecule has 0 saturated heterocycles. The van der Waals surface area contributed by atoms with E-state index in [2.05, 4.69) is 198 Å². The van der Waals surface area contributed by atoms with E-state index in [1.165, 1.54) is 38.8 Å². The van der Waals surface area contributed by atoms with Crippen LogP contribution in [-0.2, 0) is 24.0 Å². The Labute approximate surface area is 551 Å². The van der Waals surface area contributed by atoms with Crippen LogP contribution in [0, 0.1) is 0 Å². The molecule has 0 spiro atoms. The minimum absolute atomic E-state index is 0.0508. The molecule has 5 amide bonds. The van der Waals surface area contributed by atoms with Crippen LogP contribution in [0.15, 0.2) is 182 Å². The fourth-order valence-corrected chi connectivity index (χ4v) is 24.8. The first-order chi connectivity index (χ1) is 44.1. The maximum atomic E-state index is 12.9. The first kappa shape index (κ1) is 74.0. The molecule has 0 radical (unpaired) electrons. The molecular formula is C73H100Cl2N6O8P2. The molecule has 0 bridgehead atoms. The van der Waals surface area contributed by atoms with Crippen LogP contribution in [0.5, 0.6) is 0 Å². The molecule has 6 aromatic rings. The Morgan fingerprint density at radius 2 is 0.571 bits per heavy atom. The van der Waals surface area contributed by atoms with Crippen molar-refractivity contribution in [2.75, 3.05) is 64.7 Å². The predicted octanol–water partition coefficient (Wildman–Crippen LogP) is 12.8. The van der Waals surface area contributed by atoms with E-state index >= 15 is 0 Å². The second-order valence-electron chi connectivity index (χ2n) is 24.1. The zero-order valence-corrected chi connectivity index (χ0v) is 56.9. The Morgan fingerprint density at radius 3 is 0.857 bits per heavy atom. The summed E-state index contributed by atoms with van der Waals surface area (Å²) in [4.78, 5) is 63.6. The number of hydrogen-bond acceptors (Lipinski definition) is 9. The average molecular weight is 1320 g/mol. The van der Waals surface area contributed by atoms with Crippen LogP contribution < -0.4 is 42.5 Å². The van der Waals surface area contributed by atoms with Gasteiger partial charge in [-0.3, -0.25) is 39.6 Å². The Hall–Kier alpha value is -6.05. The molecule has 0 aliphatic rings. The van der Waals surface area contributed by atoms with Crippen LogP contribution in [0.2, 0.25) is 0 Å². The average Bonchev–Trinajstić information content (AvgIpc) is 0.726. The van der Waals surface area contributed by atoms with E-state index in [1.54, 1.807) is 0 Å². The molecule has 6 rings (SSSR count). The molecule has 14 nitrogen and oxygen atoms in total. The Kier molecular flexibility index (Phi) is 31.6. The van der Waals surface area contributed by atoms with Crippen molar-refractivity contribution in [3.63, 3.8) is 0 Å².